The van der Waals surface area contributed by atoms with E-state index < -0.39 is 22.2 Å². The number of nitro benzene ring substituents is 1. The van der Waals surface area contributed by atoms with E-state index >= 15 is 0 Å². The van der Waals surface area contributed by atoms with Crippen LogP contribution in [0.25, 0.3) is 0 Å². The highest BCUT2D eigenvalue weighted by molar-refractivity contribution is 5.62. The number of likely N-dealkylation sites (tertiary alicyclic amines) is 1. The summed E-state index contributed by atoms with van der Waals surface area (Å²) in [7, 11) is 0. The lowest BCUT2D eigenvalue weighted by atomic mass is 10.1. The molecule has 21 heavy (non-hydrogen) atoms. The molecule has 0 spiro atoms. The Morgan fingerprint density at radius 1 is 1.33 bits per heavy atom. The molecule has 5 nitrogen and oxygen atoms in total. The minimum atomic E-state index is -1.16. The van der Waals surface area contributed by atoms with Crippen molar-refractivity contribution in [3.8, 4) is 0 Å². The maximum atomic E-state index is 13.5. The molecule has 2 rings (SSSR count). The van der Waals surface area contributed by atoms with E-state index in [0.29, 0.717) is 12.6 Å². The lowest BCUT2D eigenvalue weighted by Crippen LogP contribution is -2.41. The van der Waals surface area contributed by atoms with Gasteiger partial charge in [-0.05, 0) is 32.9 Å². The van der Waals surface area contributed by atoms with Crippen LogP contribution in [0.3, 0.4) is 0 Å². The smallest absolute Gasteiger partial charge is 0.327 e. The van der Waals surface area contributed by atoms with E-state index in [-0.39, 0.29) is 11.7 Å². The highest BCUT2D eigenvalue weighted by Crippen LogP contribution is 2.29. The lowest BCUT2D eigenvalue weighted by Gasteiger charge is -2.32. The molecule has 0 aliphatic carbocycles. The fourth-order valence-electron chi connectivity index (χ4n) is 2.63. The average molecular weight is 299 g/mol. The fourth-order valence-corrected chi connectivity index (χ4v) is 2.63. The molecule has 0 saturated carbocycles. The second-order valence-electron chi connectivity index (χ2n) is 5.37. The Balaban J connectivity index is 2.06. The third kappa shape index (κ3) is 3.87. The highest BCUT2D eigenvalue weighted by atomic mass is 19.1. The van der Waals surface area contributed by atoms with Crippen LogP contribution < -0.4 is 5.32 Å². The molecular formula is C14H19F2N3O2. The Morgan fingerprint density at radius 3 is 2.62 bits per heavy atom. The van der Waals surface area contributed by atoms with Crippen molar-refractivity contribution in [2.75, 3.05) is 25.0 Å². The van der Waals surface area contributed by atoms with Gasteiger partial charge in [0, 0.05) is 24.7 Å². The largest absolute Gasteiger partial charge is 0.378 e. The summed E-state index contributed by atoms with van der Waals surface area (Å²) in [6.07, 6.45) is 3.50. The third-order valence-corrected chi connectivity index (χ3v) is 3.81. The molecule has 116 valence electrons. The Hall–Kier alpha value is -1.76. The van der Waals surface area contributed by atoms with Crippen LogP contribution in [0.1, 0.15) is 26.2 Å². The zero-order valence-corrected chi connectivity index (χ0v) is 11.9. The molecule has 0 amide bonds. The van der Waals surface area contributed by atoms with Crippen molar-refractivity contribution in [3.63, 3.8) is 0 Å². The van der Waals surface area contributed by atoms with Gasteiger partial charge < -0.3 is 5.32 Å². The molecule has 1 aromatic carbocycles. The van der Waals surface area contributed by atoms with Gasteiger partial charge in [0.1, 0.15) is 11.5 Å². The molecule has 0 radical (unpaired) electrons. The second-order valence-corrected chi connectivity index (χ2v) is 5.37. The minimum absolute atomic E-state index is 0.110. The zero-order valence-electron chi connectivity index (χ0n) is 11.9. The highest BCUT2D eigenvalue weighted by Gasteiger charge is 2.23. The number of nitrogens with one attached hydrogen (secondary N) is 1. The van der Waals surface area contributed by atoms with Crippen LogP contribution in [-0.2, 0) is 0 Å². The average Bonchev–Trinajstić information content (AvgIpc) is 2.44. The quantitative estimate of drug-likeness (QED) is 0.670. The summed E-state index contributed by atoms with van der Waals surface area (Å²) in [4.78, 5) is 12.3. The van der Waals surface area contributed by atoms with Crippen molar-refractivity contribution < 1.29 is 13.7 Å². The maximum absolute atomic E-state index is 13.5. The Bertz CT molecular complexity index is 519. The molecular weight excluding hydrogens is 280 g/mol. The van der Waals surface area contributed by atoms with Gasteiger partial charge in [-0.3, -0.25) is 15.0 Å². The molecule has 0 aromatic heterocycles. The van der Waals surface area contributed by atoms with E-state index in [0.717, 1.165) is 32.0 Å². The molecule has 1 fully saturated rings. The van der Waals surface area contributed by atoms with Crippen molar-refractivity contribution in [2.24, 2.45) is 0 Å². The first kappa shape index (κ1) is 15.6. The van der Waals surface area contributed by atoms with Gasteiger partial charge >= 0.3 is 5.69 Å². The van der Waals surface area contributed by atoms with E-state index in [1.807, 2.05) is 6.92 Å². The van der Waals surface area contributed by atoms with Crippen LogP contribution in [0.5, 0.6) is 0 Å². The SMILES string of the molecule is CC(CNc1cc(F)cc(F)c1[N+](=O)[O-])N1CCCCC1. The van der Waals surface area contributed by atoms with Gasteiger partial charge in [0.15, 0.2) is 0 Å². The minimum Gasteiger partial charge on any atom is -0.378 e. The molecule has 1 aromatic rings. The number of piperidine rings is 1. The molecule has 1 aliphatic heterocycles. The predicted octanol–water partition coefficient (Wildman–Crippen LogP) is 3.16. The van der Waals surface area contributed by atoms with Crippen LogP contribution in [-0.4, -0.2) is 35.5 Å². The second kappa shape index (κ2) is 6.80. The molecule has 1 unspecified atom stereocenters. The molecule has 7 heteroatoms. The van der Waals surface area contributed by atoms with Crippen molar-refractivity contribution in [3.05, 3.63) is 33.9 Å². The summed E-state index contributed by atoms with van der Waals surface area (Å²) in [6.45, 7) is 4.38. The van der Waals surface area contributed by atoms with Crippen LogP contribution in [0.2, 0.25) is 0 Å². The number of nitro groups is 1. The molecule has 1 atom stereocenters. The van der Waals surface area contributed by atoms with Crippen LogP contribution in [0.4, 0.5) is 20.2 Å². The summed E-state index contributed by atoms with van der Waals surface area (Å²) in [5.41, 5.74) is -0.816. The Kier molecular flexibility index (Phi) is 5.06. The molecule has 1 aliphatic rings. The van der Waals surface area contributed by atoms with Crippen molar-refractivity contribution >= 4 is 11.4 Å². The van der Waals surface area contributed by atoms with Gasteiger partial charge in [0.2, 0.25) is 5.82 Å². The van der Waals surface area contributed by atoms with Crippen LogP contribution in [0.15, 0.2) is 12.1 Å². The summed E-state index contributed by atoms with van der Waals surface area (Å²) in [6, 6.07) is 1.64. The van der Waals surface area contributed by atoms with Crippen molar-refractivity contribution in [2.45, 2.75) is 32.2 Å². The Morgan fingerprint density at radius 2 is 2.00 bits per heavy atom. The van der Waals surface area contributed by atoms with E-state index in [1.54, 1.807) is 0 Å². The van der Waals surface area contributed by atoms with Crippen molar-refractivity contribution in [1.29, 1.82) is 0 Å². The molecule has 1 heterocycles. The van der Waals surface area contributed by atoms with Gasteiger partial charge in [0.05, 0.1) is 4.92 Å². The summed E-state index contributed by atoms with van der Waals surface area (Å²) < 4.78 is 26.7. The van der Waals surface area contributed by atoms with Crippen LogP contribution >= 0.6 is 0 Å². The molecule has 1 saturated heterocycles. The lowest BCUT2D eigenvalue weighted by molar-refractivity contribution is -0.386. The van der Waals surface area contributed by atoms with Gasteiger partial charge in [0.25, 0.3) is 0 Å². The maximum Gasteiger partial charge on any atom is 0.327 e. The number of hydrogen-bond acceptors (Lipinski definition) is 4. The van der Waals surface area contributed by atoms with Gasteiger partial charge in [-0.25, -0.2) is 4.39 Å². The first-order valence-corrected chi connectivity index (χ1v) is 7.10. The Labute approximate surface area is 122 Å². The number of anilines is 1. The predicted molar refractivity (Wildman–Crippen MR) is 76.4 cm³/mol. The van der Waals surface area contributed by atoms with Crippen LogP contribution in [0, 0.1) is 21.7 Å². The van der Waals surface area contributed by atoms with Gasteiger partial charge in [-0.1, -0.05) is 6.42 Å². The molecule has 1 N–H and O–H groups in total. The standard InChI is InChI=1S/C14H19F2N3O2/c1-10(18-5-3-2-4-6-18)9-17-13-8-11(15)7-12(16)14(13)19(20)21/h7-8,10,17H,2-6,9H2,1H3. The van der Waals surface area contributed by atoms with Gasteiger partial charge in [-0.15, -0.1) is 0 Å². The summed E-state index contributed by atoms with van der Waals surface area (Å²) in [5.74, 6) is -1.99. The monoisotopic (exact) mass is 299 g/mol. The zero-order chi connectivity index (χ0) is 15.4. The topological polar surface area (TPSA) is 58.4 Å². The summed E-state index contributed by atoms with van der Waals surface area (Å²) in [5, 5.41) is 13.7. The fraction of sp³-hybridized carbons (Fsp3) is 0.571. The third-order valence-electron chi connectivity index (χ3n) is 3.81. The van der Waals surface area contributed by atoms with Crippen molar-refractivity contribution in [1.82, 2.24) is 4.90 Å². The number of halogens is 2. The number of benzene rings is 1. The van der Waals surface area contributed by atoms with E-state index in [1.165, 1.54) is 6.42 Å². The van der Waals surface area contributed by atoms with E-state index in [9.17, 15) is 18.9 Å². The molecule has 0 bridgehead atoms. The first-order valence-electron chi connectivity index (χ1n) is 7.10. The summed E-state index contributed by atoms with van der Waals surface area (Å²) >= 11 is 0. The number of nitrogens with zero attached hydrogens (tertiary/aromatic N) is 2. The van der Waals surface area contributed by atoms with E-state index in [2.05, 4.69) is 10.2 Å². The normalized spacial score (nSPS) is 17.5. The first-order chi connectivity index (χ1) is 9.99. The number of hydrogen-bond donors (Lipinski definition) is 1. The van der Waals surface area contributed by atoms with Gasteiger partial charge in [-0.2, -0.15) is 4.39 Å². The van der Waals surface area contributed by atoms with E-state index in [4.69, 9.17) is 0 Å². The number of rotatable bonds is 5.